The molecule has 2 rings (SSSR count). The highest BCUT2D eigenvalue weighted by Crippen LogP contribution is 2.33. The summed E-state index contributed by atoms with van der Waals surface area (Å²) in [5.41, 5.74) is 2.57. The van der Waals surface area contributed by atoms with Crippen molar-refractivity contribution in [3.63, 3.8) is 0 Å². The molecule has 0 spiro atoms. The van der Waals surface area contributed by atoms with Gasteiger partial charge in [-0.1, -0.05) is 29.8 Å². The Morgan fingerprint density at radius 3 is 2.69 bits per heavy atom. The third-order valence-corrected chi connectivity index (χ3v) is 2.95. The van der Waals surface area contributed by atoms with Gasteiger partial charge in [0, 0.05) is 20.1 Å². The molecule has 1 aromatic rings. The molecule has 2 atom stereocenters. The van der Waals surface area contributed by atoms with Crippen LogP contribution in [0.2, 0.25) is 0 Å². The minimum atomic E-state index is -0.0960. The van der Waals surface area contributed by atoms with Crippen LogP contribution in [0.25, 0.3) is 0 Å². The fraction of sp³-hybridized carbons (Fsp3) is 0.538. The van der Waals surface area contributed by atoms with Crippen LogP contribution in [0.5, 0.6) is 0 Å². The predicted octanol–water partition coefficient (Wildman–Crippen LogP) is 2.67. The molecule has 1 heterocycles. The minimum Gasteiger partial charge on any atom is -0.351 e. The molecule has 0 amide bonds. The number of benzene rings is 1. The van der Waals surface area contributed by atoms with E-state index in [9.17, 15) is 0 Å². The molecule has 0 aromatic heterocycles. The summed E-state index contributed by atoms with van der Waals surface area (Å²) in [5, 5.41) is 1.89. The summed E-state index contributed by atoms with van der Waals surface area (Å²) in [6, 6.07) is 8.90. The monoisotopic (exact) mass is 221 g/mol. The molecule has 0 aliphatic carbocycles. The largest absolute Gasteiger partial charge is 0.351 e. The Labute approximate surface area is 96.9 Å². The van der Waals surface area contributed by atoms with Crippen LogP contribution in [-0.4, -0.2) is 25.0 Å². The van der Waals surface area contributed by atoms with Crippen molar-refractivity contribution < 1.29 is 9.57 Å². The van der Waals surface area contributed by atoms with Gasteiger partial charge in [0.05, 0.1) is 6.04 Å². The molecule has 0 radical (unpaired) electrons. The fourth-order valence-corrected chi connectivity index (χ4v) is 2.05. The summed E-state index contributed by atoms with van der Waals surface area (Å²) in [7, 11) is 1.96. The molecular weight excluding hydrogens is 202 g/mol. The first-order valence-corrected chi connectivity index (χ1v) is 5.78. The Morgan fingerprint density at radius 2 is 2.06 bits per heavy atom. The maximum Gasteiger partial charge on any atom is 0.179 e. The van der Waals surface area contributed by atoms with E-state index in [2.05, 4.69) is 31.2 Å². The van der Waals surface area contributed by atoms with Crippen LogP contribution in [-0.2, 0) is 9.57 Å². The van der Waals surface area contributed by atoms with E-state index in [1.807, 2.05) is 19.0 Å². The summed E-state index contributed by atoms with van der Waals surface area (Å²) in [6.07, 6.45) is 0.800. The van der Waals surface area contributed by atoms with E-state index in [-0.39, 0.29) is 6.29 Å². The Hall–Kier alpha value is -0.900. The van der Waals surface area contributed by atoms with Crippen molar-refractivity contribution in [1.29, 1.82) is 0 Å². The smallest absolute Gasteiger partial charge is 0.179 e. The van der Waals surface area contributed by atoms with E-state index >= 15 is 0 Å². The molecule has 1 aliphatic rings. The zero-order valence-electron chi connectivity index (χ0n) is 10.1. The standard InChI is InChI=1S/C13H19NO2/c1-4-15-13-9-12(14(3)16-13)11-7-5-10(2)6-8-11/h5-8,12-13H,4,9H2,1-3H3/t12-,13+/m1/s1. The third-order valence-electron chi connectivity index (χ3n) is 2.95. The second kappa shape index (κ2) is 4.95. The predicted molar refractivity (Wildman–Crippen MR) is 62.8 cm³/mol. The first-order chi connectivity index (χ1) is 7.70. The van der Waals surface area contributed by atoms with Crippen LogP contribution in [0.3, 0.4) is 0 Å². The van der Waals surface area contributed by atoms with Crippen LogP contribution >= 0.6 is 0 Å². The average molecular weight is 221 g/mol. The highest BCUT2D eigenvalue weighted by atomic mass is 16.8. The quantitative estimate of drug-likeness (QED) is 0.783. The summed E-state index contributed by atoms with van der Waals surface area (Å²) in [4.78, 5) is 5.61. The van der Waals surface area contributed by atoms with Crippen LogP contribution in [0.15, 0.2) is 24.3 Å². The Kier molecular flexibility index (Phi) is 3.59. The molecule has 0 N–H and O–H groups in total. The molecule has 0 bridgehead atoms. The number of hydrogen-bond donors (Lipinski definition) is 0. The number of aryl methyl sites for hydroxylation is 1. The van der Waals surface area contributed by atoms with Gasteiger partial charge in [0.15, 0.2) is 6.29 Å². The highest BCUT2D eigenvalue weighted by molar-refractivity contribution is 5.24. The van der Waals surface area contributed by atoms with Crippen molar-refractivity contribution in [3.8, 4) is 0 Å². The SMILES string of the molecule is CCO[C@@H]1C[C@H](c2ccc(C)cc2)N(C)O1. The van der Waals surface area contributed by atoms with Gasteiger partial charge < -0.3 is 4.74 Å². The van der Waals surface area contributed by atoms with E-state index in [1.54, 1.807) is 0 Å². The Morgan fingerprint density at radius 1 is 1.38 bits per heavy atom. The number of ether oxygens (including phenoxy) is 1. The number of hydroxylamine groups is 2. The van der Waals surface area contributed by atoms with Gasteiger partial charge >= 0.3 is 0 Å². The first kappa shape index (κ1) is 11.6. The third kappa shape index (κ3) is 2.43. The minimum absolute atomic E-state index is 0.0960. The van der Waals surface area contributed by atoms with Crippen molar-refractivity contribution in [1.82, 2.24) is 5.06 Å². The maximum atomic E-state index is 5.61. The van der Waals surface area contributed by atoms with Gasteiger partial charge in [-0.2, -0.15) is 5.06 Å². The van der Waals surface area contributed by atoms with Crippen molar-refractivity contribution in [2.75, 3.05) is 13.7 Å². The highest BCUT2D eigenvalue weighted by Gasteiger charge is 2.32. The lowest BCUT2D eigenvalue weighted by Crippen LogP contribution is -2.17. The van der Waals surface area contributed by atoms with Crippen molar-refractivity contribution in [3.05, 3.63) is 35.4 Å². The zero-order chi connectivity index (χ0) is 11.5. The lowest BCUT2D eigenvalue weighted by Gasteiger charge is -2.17. The second-order valence-electron chi connectivity index (χ2n) is 4.20. The summed E-state index contributed by atoms with van der Waals surface area (Å²) in [6.45, 7) is 4.78. The summed E-state index contributed by atoms with van der Waals surface area (Å²) in [5.74, 6) is 0. The fourth-order valence-electron chi connectivity index (χ4n) is 2.05. The molecule has 88 valence electrons. The van der Waals surface area contributed by atoms with E-state index in [0.717, 1.165) is 6.42 Å². The molecule has 0 saturated carbocycles. The Balaban J connectivity index is 2.07. The lowest BCUT2D eigenvalue weighted by atomic mass is 10.0. The molecule has 1 saturated heterocycles. The van der Waals surface area contributed by atoms with E-state index in [1.165, 1.54) is 11.1 Å². The van der Waals surface area contributed by atoms with Gasteiger partial charge in [-0.25, -0.2) is 0 Å². The van der Waals surface area contributed by atoms with Crippen LogP contribution in [0.4, 0.5) is 0 Å². The van der Waals surface area contributed by atoms with Gasteiger partial charge in [0.25, 0.3) is 0 Å². The van der Waals surface area contributed by atoms with Gasteiger partial charge in [0.1, 0.15) is 0 Å². The van der Waals surface area contributed by atoms with Gasteiger partial charge in [-0.3, -0.25) is 4.84 Å². The van der Waals surface area contributed by atoms with E-state index < -0.39 is 0 Å². The van der Waals surface area contributed by atoms with Crippen molar-refractivity contribution >= 4 is 0 Å². The molecule has 1 fully saturated rings. The molecule has 3 heteroatoms. The van der Waals surface area contributed by atoms with Crippen LogP contribution in [0.1, 0.15) is 30.5 Å². The molecule has 16 heavy (non-hydrogen) atoms. The number of hydrogen-bond acceptors (Lipinski definition) is 3. The summed E-state index contributed by atoms with van der Waals surface area (Å²) < 4.78 is 5.48. The topological polar surface area (TPSA) is 21.7 Å². The van der Waals surface area contributed by atoms with Gasteiger partial charge in [0.2, 0.25) is 0 Å². The second-order valence-corrected chi connectivity index (χ2v) is 4.20. The first-order valence-electron chi connectivity index (χ1n) is 5.78. The van der Waals surface area contributed by atoms with Gasteiger partial charge in [-0.05, 0) is 19.4 Å². The van der Waals surface area contributed by atoms with Gasteiger partial charge in [-0.15, -0.1) is 0 Å². The van der Waals surface area contributed by atoms with Crippen molar-refractivity contribution in [2.45, 2.75) is 32.6 Å². The number of rotatable bonds is 3. The van der Waals surface area contributed by atoms with Crippen LogP contribution in [0, 0.1) is 6.92 Å². The molecular formula is C13H19NO2. The zero-order valence-corrected chi connectivity index (χ0v) is 10.1. The molecule has 1 aromatic carbocycles. The van der Waals surface area contributed by atoms with Crippen LogP contribution < -0.4 is 0 Å². The maximum absolute atomic E-state index is 5.61. The normalized spacial score (nSPS) is 26.2. The lowest BCUT2D eigenvalue weighted by molar-refractivity contribution is -0.227. The molecule has 3 nitrogen and oxygen atoms in total. The van der Waals surface area contributed by atoms with E-state index in [0.29, 0.717) is 12.6 Å². The average Bonchev–Trinajstić information content (AvgIpc) is 2.61. The van der Waals surface area contributed by atoms with Crippen molar-refractivity contribution in [2.24, 2.45) is 0 Å². The summed E-state index contributed by atoms with van der Waals surface area (Å²) >= 11 is 0. The molecule has 0 unspecified atom stereocenters. The molecule has 1 aliphatic heterocycles. The Bertz CT molecular complexity index is 336. The van der Waals surface area contributed by atoms with E-state index in [4.69, 9.17) is 9.57 Å². The number of nitrogens with zero attached hydrogens (tertiary/aromatic N) is 1.